The Morgan fingerprint density at radius 3 is 2.34 bits per heavy atom. The van der Waals surface area contributed by atoms with Crippen molar-refractivity contribution in [1.29, 1.82) is 0 Å². The molecule has 0 spiro atoms. The topological polar surface area (TPSA) is 90.3 Å². The number of carbonyl (C=O) groups is 2. The third-order valence-corrected chi connectivity index (χ3v) is 8.11. The summed E-state index contributed by atoms with van der Waals surface area (Å²) < 4.78 is 20.8. The summed E-state index contributed by atoms with van der Waals surface area (Å²) in [5, 5.41) is 19.5. The van der Waals surface area contributed by atoms with Crippen molar-refractivity contribution in [3.63, 3.8) is 0 Å². The Morgan fingerprint density at radius 2 is 1.71 bits per heavy atom. The first-order valence-corrected chi connectivity index (χ1v) is 13.7. The van der Waals surface area contributed by atoms with Crippen LogP contribution in [0, 0.1) is 5.92 Å². The number of likely N-dealkylation sites (tertiary alicyclic amines) is 2. The summed E-state index contributed by atoms with van der Waals surface area (Å²) in [6, 6.07) is 13.6. The first-order valence-electron chi connectivity index (χ1n) is 13.7. The molecule has 2 aromatic rings. The lowest BCUT2D eigenvalue weighted by atomic mass is 9.94. The van der Waals surface area contributed by atoms with Crippen LogP contribution >= 0.6 is 0 Å². The number of piperidine rings is 1. The normalized spacial score (nSPS) is 21.0. The van der Waals surface area contributed by atoms with E-state index < -0.39 is 29.7 Å². The molecule has 2 aliphatic heterocycles. The van der Waals surface area contributed by atoms with Crippen LogP contribution < -0.4 is 4.74 Å². The summed E-state index contributed by atoms with van der Waals surface area (Å²) in [6.07, 6.45) is 2.25. The van der Waals surface area contributed by atoms with Gasteiger partial charge in [0.25, 0.3) is 5.91 Å². The van der Waals surface area contributed by atoms with Crippen molar-refractivity contribution in [2.75, 3.05) is 32.8 Å². The summed E-state index contributed by atoms with van der Waals surface area (Å²) >= 11 is 0. The highest BCUT2D eigenvalue weighted by Crippen LogP contribution is 2.30. The highest BCUT2D eigenvalue weighted by molar-refractivity contribution is 6.02. The number of alkyl halides is 1. The van der Waals surface area contributed by atoms with Gasteiger partial charge in [-0.2, -0.15) is 0 Å². The van der Waals surface area contributed by atoms with E-state index in [0.717, 1.165) is 37.2 Å². The van der Waals surface area contributed by atoms with E-state index in [9.17, 15) is 24.2 Å². The lowest BCUT2D eigenvalue weighted by Crippen LogP contribution is -2.44. The second-order valence-electron chi connectivity index (χ2n) is 10.7. The standard InChI is InChI=1S/C30H39FN2O5/c1-3-30(31,4-2)20-32-15-13-21(14-16-32)19-38-24-11-9-22(10-12-24)25-7-5-6-8-26(25)28(35)33-18-23(34)17-27(33)29(36)37/h5-12,21,23,27,34H,3-4,13-20H2,1-2H3,(H,36,37). The second kappa shape index (κ2) is 12.3. The van der Waals surface area contributed by atoms with Gasteiger partial charge < -0.3 is 24.7 Å². The largest absolute Gasteiger partial charge is 0.493 e. The molecule has 2 N–H and O–H groups in total. The van der Waals surface area contributed by atoms with Gasteiger partial charge in [0, 0.05) is 25.1 Å². The Balaban J connectivity index is 1.35. The fourth-order valence-electron chi connectivity index (χ4n) is 5.48. The van der Waals surface area contributed by atoms with Crippen molar-refractivity contribution in [1.82, 2.24) is 9.80 Å². The molecule has 2 fully saturated rings. The molecule has 2 unspecified atom stereocenters. The van der Waals surface area contributed by atoms with E-state index in [1.54, 1.807) is 12.1 Å². The Bertz CT molecular complexity index is 1100. The molecule has 7 nitrogen and oxygen atoms in total. The van der Waals surface area contributed by atoms with Crippen LogP contribution in [0.5, 0.6) is 5.75 Å². The van der Waals surface area contributed by atoms with E-state index >= 15 is 0 Å². The number of carbonyl (C=O) groups excluding carboxylic acids is 1. The molecule has 2 aliphatic rings. The molecule has 0 aromatic heterocycles. The molecular weight excluding hydrogens is 487 g/mol. The molecule has 2 atom stereocenters. The van der Waals surface area contributed by atoms with Crippen LogP contribution in [0.4, 0.5) is 4.39 Å². The second-order valence-corrected chi connectivity index (χ2v) is 10.7. The molecular formula is C30H39FN2O5. The van der Waals surface area contributed by atoms with Gasteiger partial charge in [-0.05, 0) is 74.0 Å². The zero-order valence-corrected chi connectivity index (χ0v) is 22.3. The first kappa shape index (κ1) is 28.0. The zero-order valence-electron chi connectivity index (χ0n) is 22.3. The summed E-state index contributed by atoms with van der Waals surface area (Å²) in [5.74, 6) is -0.344. The van der Waals surface area contributed by atoms with Crippen molar-refractivity contribution in [3.8, 4) is 16.9 Å². The lowest BCUT2D eigenvalue weighted by Gasteiger charge is -2.36. The third kappa shape index (κ3) is 6.53. The van der Waals surface area contributed by atoms with Crippen molar-refractivity contribution in [3.05, 3.63) is 54.1 Å². The average molecular weight is 527 g/mol. The van der Waals surface area contributed by atoms with Crippen LogP contribution in [0.2, 0.25) is 0 Å². The quantitative estimate of drug-likeness (QED) is 0.469. The number of hydrogen-bond acceptors (Lipinski definition) is 5. The molecule has 2 aromatic carbocycles. The molecule has 1 amide bonds. The number of carboxylic acid groups (broad SMARTS) is 1. The van der Waals surface area contributed by atoms with Gasteiger partial charge in [0.1, 0.15) is 17.5 Å². The van der Waals surface area contributed by atoms with Crippen LogP contribution in [-0.4, -0.2) is 82.5 Å². The number of rotatable bonds is 10. The van der Waals surface area contributed by atoms with Gasteiger partial charge >= 0.3 is 5.97 Å². The smallest absolute Gasteiger partial charge is 0.326 e. The van der Waals surface area contributed by atoms with Crippen molar-refractivity contribution in [2.24, 2.45) is 5.92 Å². The SMILES string of the molecule is CCC(F)(CC)CN1CCC(COc2ccc(-c3ccccc3C(=O)N3CC(O)CC3C(=O)O)cc2)CC1. The van der Waals surface area contributed by atoms with Crippen LogP contribution in [0.25, 0.3) is 11.1 Å². The van der Waals surface area contributed by atoms with Crippen LogP contribution in [0.1, 0.15) is 56.3 Å². The Morgan fingerprint density at radius 1 is 1.05 bits per heavy atom. The molecule has 38 heavy (non-hydrogen) atoms. The fourth-order valence-corrected chi connectivity index (χ4v) is 5.48. The van der Waals surface area contributed by atoms with Gasteiger partial charge in [-0.25, -0.2) is 9.18 Å². The monoisotopic (exact) mass is 526 g/mol. The van der Waals surface area contributed by atoms with Crippen LogP contribution in [-0.2, 0) is 4.79 Å². The molecule has 8 heteroatoms. The predicted molar refractivity (Wildman–Crippen MR) is 144 cm³/mol. The first-order chi connectivity index (χ1) is 18.2. The van der Waals surface area contributed by atoms with Crippen molar-refractivity contribution < 1.29 is 28.9 Å². The molecule has 2 saturated heterocycles. The summed E-state index contributed by atoms with van der Waals surface area (Å²) in [7, 11) is 0. The summed E-state index contributed by atoms with van der Waals surface area (Å²) in [5.41, 5.74) is 0.826. The number of ether oxygens (including phenoxy) is 1. The number of aliphatic carboxylic acids is 1. The van der Waals surface area contributed by atoms with E-state index in [2.05, 4.69) is 4.90 Å². The minimum absolute atomic E-state index is 0.00168. The molecule has 0 bridgehead atoms. The van der Waals surface area contributed by atoms with E-state index in [1.165, 1.54) is 4.90 Å². The number of hydrogen-bond donors (Lipinski definition) is 2. The number of amides is 1. The Kier molecular flexibility index (Phi) is 9.05. The van der Waals surface area contributed by atoms with Gasteiger partial charge in [0.2, 0.25) is 0 Å². The van der Waals surface area contributed by atoms with Gasteiger partial charge in [-0.15, -0.1) is 0 Å². The maximum Gasteiger partial charge on any atom is 0.326 e. The number of aliphatic hydroxyl groups excluding tert-OH is 1. The van der Waals surface area contributed by atoms with E-state index in [4.69, 9.17) is 4.74 Å². The Hall–Kier alpha value is -2.97. The van der Waals surface area contributed by atoms with Gasteiger partial charge in [0.15, 0.2) is 0 Å². The lowest BCUT2D eigenvalue weighted by molar-refractivity contribution is -0.141. The maximum absolute atomic E-state index is 14.7. The minimum atomic E-state index is -1.11. The molecule has 0 radical (unpaired) electrons. The summed E-state index contributed by atoms with van der Waals surface area (Å²) in [4.78, 5) is 28.4. The summed E-state index contributed by atoms with van der Waals surface area (Å²) in [6.45, 7) is 6.73. The molecule has 0 saturated carbocycles. The van der Waals surface area contributed by atoms with Crippen LogP contribution in [0.15, 0.2) is 48.5 Å². The zero-order chi connectivity index (χ0) is 27.3. The van der Waals surface area contributed by atoms with Crippen LogP contribution in [0.3, 0.4) is 0 Å². The number of halogens is 1. The average Bonchev–Trinajstić information content (AvgIpc) is 3.34. The highest BCUT2D eigenvalue weighted by Gasteiger charge is 2.39. The molecule has 206 valence electrons. The van der Waals surface area contributed by atoms with Crippen molar-refractivity contribution >= 4 is 11.9 Å². The van der Waals surface area contributed by atoms with Gasteiger partial charge in [-0.1, -0.05) is 44.2 Å². The predicted octanol–water partition coefficient (Wildman–Crippen LogP) is 4.63. The number of benzene rings is 2. The number of β-amino-alcohol motifs (C(OH)–C–C–N with tert-alkyl or cyclic N) is 1. The van der Waals surface area contributed by atoms with E-state index in [-0.39, 0.29) is 13.0 Å². The van der Waals surface area contributed by atoms with E-state index in [0.29, 0.717) is 43.0 Å². The van der Waals surface area contributed by atoms with E-state index in [1.807, 2.05) is 50.2 Å². The number of carboxylic acids is 1. The van der Waals surface area contributed by atoms with Gasteiger partial charge in [0.05, 0.1) is 12.7 Å². The number of nitrogens with zero attached hydrogens (tertiary/aromatic N) is 2. The van der Waals surface area contributed by atoms with Gasteiger partial charge in [-0.3, -0.25) is 4.79 Å². The third-order valence-electron chi connectivity index (χ3n) is 8.11. The fraction of sp³-hybridized carbons (Fsp3) is 0.533. The minimum Gasteiger partial charge on any atom is -0.493 e. The molecule has 4 rings (SSSR count). The molecule has 2 heterocycles. The Labute approximate surface area is 224 Å². The number of aliphatic hydroxyl groups is 1. The van der Waals surface area contributed by atoms with Crippen molar-refractivity contribution in [2.45, 2.75) is 63.8 Å². The molecule has 0 aliphatic carbocycles. The maximum atomic E-state index is 14.7. The highest BCUT2D eigenvalue weighted by atomic mass is 19.1.